The normalized spacial score (nSPS) is 11.2. The number of ether oxygens (including phenoxy) is 1. The van der Waals surface area contributed by atoms with Crippen molar-refractivity contribution in [3.63, 3.8) is 0 Å². The fourth-order valence-corrected chi connectivity index (χ4v) is 4.74. The summed E-state index contributed by atoms with van der Waals surface area (Å²) >= 11 is 0. The van der Waals surface area contributed by atoms with Crippen LogP contribution < -0.4 is 10.4 Å². The average Bonchev–Trinajstić information content (AvgIpc) is 2.92. The number of fused-ring (bicyclic) bond motifs is 1. The van der Waals surface area contributed by atoms with E-state index in [2.05, 4.69) is 4.57 Å². The van der Waals surface area contributed by atoms with Gasteiger partial charge in [0.2, 0.25) is 0 Å². The summed E-state index contributed by atoms with van der Waals surface area (Å²) in [6.07, 6.45) is 1.18. The quantitative estimate of drug-likeness (QED) is 0.261. The molecular formula is C23H31N3O5S. The number of aromatic nitrogens is 2. The molecule has 32 heavy (non-hydrogen) atoms. The number of nitrogens with two attached hydrogens (primary N) is 1. The summed E-state index contributed by atoms with van der Waals surface area (Å²) < 4.78 is 41.2. The van der Waals surface area contributed by atoms with Crippen LogP contribution in [0, 0.1) is 27.7 Å². The molecule has 0 saturated heterocycles. The van der Waals surface area contributed by atoms with E-state index < -0.39 is 10.1 Å². The topological polar surface area (TPSA) is 118 Å². The van der Waals surface area contributed by atoms with Gasteiger partial charge in [-0.3, -0.25) is 10.6 Å². The van der Waals surface area contributed by atoms with Crippen molar-refractivity contribution >= 4 is 27.1 Å². The standard InChI is InChI=1S/C14H20N3O2.C9H12O3S/c1-3-19-14(18)9-6-10-16-11(2)17(15)13-8-5-4-7-12(13)16;1-6-4-7(2)9(8(3)5-6)13(10,11)12/h4-5,7-8H,3,6,9-10,15H2,1-2H3;4-5H,1-3H3,(H,10,11,12)/q+1;/p-1. The predicted octanol–water partition coefficient (Wildman–Crippen LogP) is 2.81. The Bertz CT molecular complexity index is 1190. The van der Waals surface area contributed by atoms with E-state index in [9.17, 15) is 17.8 Å². The van der Waals surface area contributed by atoms with Crippen molar-refractivity contribution in [2.45, 2.75) is 58.9 Å². The van der Waals surface area contributed by atoms with E-state index in [1.54, 1.807) is 30.7 Å². The molecule has 0 atom stereocenters. The van der Waals surface area contributed by atoms with E-state index in [1.165, 1.54) is 0 Å². The Hall–Kier alpha value is -2.91. The first-order valence-corrected chi connectivity index (χ1v) is 11.8. The summed E-state index contributed by atoms with van der Waals surface area (Å²) in [7, 11) is -4.33. The number of carbonyl (C=O) groups excluding carboxylic acids is 1. The summed E-state index contributed by atoms with van der Waals surface area (Å²) in [5.41, 5.74) is 4.09. The maximum atomic E-state index is 11.3. The molecule has 9 heteroatoms. The average molecular weight is 462 g/mol. The number of esters is 1. The molecule has 0 aliphatic rings. The van der Waals surface area contributed by atoms with Gasteiger partial charge in [0.1, 0.15) is 10.1 Å². The molecule has 0 aliphatic carbocycles. The van der Waals surface area contributed by atoms with Gasteiger partial charge in [-0.1, -0.05) is 29.8 Å². The van der Waals surface area contributed by atoms with Gasteiger partial charge in [-0.15, -0.1) is 4.68 Å². The lowest BCUT2D eigenvalue weighted by Gasteiger charge is -2.14. The van der Waals surface area contributed by atoms with Crippen LogP contribution in [-0.4, -0.2) is 30.2 Å². The molecule has 1 heterocycles. The number of benzene rings is 2. The zero-order valence-electron chi connectivity index (χ0n) is 19.2. The molecule has 0 spiro atoms. The molecule has 0 radical (unpaired) electrons. The van der Waals surface area contributed by atoms with Crippen LogP contribution in [0.5, 0.6) is 0 Å². The highest BCUT2D eigenvalue weighted by Crippen LogP contribution is 2.20. The van der Waals surface area contributed by atoms with Crippen LogP contribution in [0.25, 0.3) is 11.0 Å². The number of hydrogen-bond acceptors (Lipinski definition) is 6. The van der Waals surface area contributed by atoms with Crippen LogP contribution in [0.15, 0.2) is 41.3 Å². The van der Waals surface area contributed by atoms with E-state index in [4.69, 9.17) is 10.6 Å². The molecule has 2 aromatic carbocycles. The van der Waals surface area contributed by atoms with Crippen LogP contribution >= 0.6 is 0 Å². The fourth-order valence-electron chi connectivity index (χ4n) is 3.83. The van der Waals surface area contributed by atoms with Gasteiger partial charge >= 0.3 is 5.97 Å². The minimum atomic E-state index is -4.33. The van der Waals surface area contributed by atoms with Crippen LogP contribution in [0.4, 0.5) is 0 Å². The lowest BCUT2D eigenvalue weighted by atomic mass is 10.1. The molecule has 0 unspecified atom stereocenters. The van der Waals surface area contributed by atoms with Gasteiger partial charge < -0.3 is 9.29 Å². The van der Waals surface area contributed by atoms with Crippen molar-refractivity contribution < 1.29 is 27.1 Å². The van der Waals surface area contributed by atoms with E-state index in [0.717, 1.165) is 35.4 Å². The highest BCUT2D eigenvalue weighted by atomic mass is 32.2. The summed E-state index contributed by atoms with van der Waals surface area (Å²) in [6, 6.07) is 11.4. The minimum absolute atomic E-state index is 0.0851. The number of imidazole rings is 1. The molecule has 8 nitrogen and oxygen atoms in total. The van der Waals surface area contributed by atoms with Gasteiger partial charge in [-0.05, 0) is 57.4 Å². The Morgan fingerprint density at radius 3 is 2.28 bits per heavy atom. The van der Waals surface area contributed by atoms with Crippen molar-refractivity contribution in [1.82, 2.24) is 4.68 Å². The first kappa shape index (κ1) is 25.4. The third-order valence-electron chi connectivity index (χ3n) is 5.09. The van der Waals surface area contributed by atoms with Crippen LogP contribution in [0.2, 0.25) is 0 Å². The Kier molecular flexibility index (Phi) is 8.40. The maximum absolute atomic E-state index is 11.3. The molecule has 3 rings (SSSR count). The third-order valence-corrected chi connectivity index (χ3v) is 6.24. The smallest absolute Gasteiger partial charge is 0.305 e. The predicted molar refractivity (Wildman–Crippen MR) is 122 cm³/mol. The zero-order chi connectivity index (χ0) is 24.1. The first-order valence-electron chi connectivity index (χ1n) is 10.4. The molecule has 0 fully saturated rings. The van der Waals surface area contributed by atoms with Crippen molar-refractivity contribution in [3.05, 3.63) is 58.9 Å². The maximum Gasteiger partial charge on any atom is 0.305 e. The summed E-state index contributed by atoms with van der Waals surface area (Å²) in [4.78, 5) is 11.2. The molecule has 2 N–H and O–H groups in total. The van der Waals surface area contributed by atoms with Crippen molar-refractivity contribution in [2.75, 3.05) is 12.4 Å². The Labute approximate surface area is 189 Å². The number of carbonyl (C=O) groups is 1. The van der Waals surface area contributed by atoms with Gasteiger partial charge in [0, 0.05) is 13.3 Å². The van der Waals surface area contributed by atoms with Crippen LogP contribution in [0.1, 0.15) is 42.3 Å². The monoisotopic (exact) mass is 461 g/mol. The second kappa shape index (κ2) is 10.6. The first-order chi connectivity index (χ1) is 15.0. The van der Waals surface area contributed by atoms with Crippen molar-refractivity contribution in [1.29, 1.82) is 0 Å². The van der Waals surface area contributed by atoms with Crippen LogP contribution in [0.3, 0.4) is 0 Å². The second-order valence-corrected chi connectivity index (χ2v) is 8.96. The summed E-state index contributed by atoms with van der Waals surface area (Å²) in [5, 5.41) is 0. The molecule has 0 aliphatic heterocycles. The number of nitrogen functional groups attached to an aromatic ring is 1. The fraction of sp³-hybridized carbons (Fsp3) is 0.391. The van der Waals surface area contributed by atoms with Crippen LogP contribution in [-0.2, 0) is 26.2 Å². The number of hydrogen-bond donors (Lipinski definition) is 1. The van der Waals surface area contributed by atoms with Gasteiger partial charge in [0.05, 0.1) is 18.0 Å². The number of rotatable bonds is 6. The van der Waals surface area contributed by atoms with Gasteiger partial charge in [-0.25, -0.2) is 13.0 Å². The van der Waals surface area contributed by atoms with Gasteiger partial charge in [-0.2, -0.15) is 0 Å². The Balaban J connectivity index is 0.000000244. The van der Waals surface area contributed by atoms with E-state index in [1.807, 2.05) is 45.0 Å². The molecule has 0 amide bonds. The number of aryl methyl sites for hydroxylation is 4. The molecule has 3 aromatic rings. The summed E-state index contributed by atoms with van der Waals surface area (Å²) in [5.74, 6) is 6.86. The zero-order valence-corrected chi connectivity index (χ0v) is 20.0. The van der Waals surface area contributed by atoms with Crippen molar-refractivity contribution in [2.24, 2.45) is 0 Å². The van der Waals surface area contributed by atoms with Gasteiger partial charge in [0.15, 0.2) is 11.0 Å². The number of nitrogens with zero attached hydrogens (tertiary/aromatic N) is 2. The molecule has 0 saturated carbocycles. The Morgan fingerprint density at radius 2 is 1.72 bits per heavy atom. The molecule has 0 bridgehead atoms. The lowest BCUT2D eigenvalue weighted by molar-refractivity contribution is -0.678. The minimum Gasteiger partial charge on any atom is -0.744 e. The van der Waals surface area contributed by atoms with Crippen molar-refractivity contribution in [3.8, 4) is 0 Å². The van der Waals surface area contributed by atoms with Gasteiger partial charge in [0.25, 0.3) is 5.82 Å². The highest BCUT2D eigenvalue weighted by molar-refractivity contribution is 7.85. The molecule has 1 aromatic heterocycles. The number of para-hydroxylation sites is 2. The SMILES string of the molecule is CCOC(=O)CCC[n+]1c(C)n(N)c2ccccc21.Cc1cc(C)c(S(=O)(=O)[O-])c(C)c1. The lowest BCUT2D eigenvalue weighted by Crippen LogP contribution is -2.37. The second-order valence-electron chi connectivity index (χ2n) is 7.65. The molecular weight excluding hydrogens is 430 g/mol. The Morgan fingerprint density at radius 1 is 1.12 bits per heavy atom. The van der Waals surface area contributed by atoms with E-state index >= 15 is 0 Å². The third kappa shape index (κ3) is 6.08. The highest BCUT2D eigenvalue weighted by Gasteiger charge is 2.19. The van der Waals surface area contributed by atoms with E-state index in [0.29, 0.717) is 24.2 Å². The molecule has 174 valence electrons. The summed E-state index contributed by atoms with van der Waals surface area (Å²) in [6.45, 7) is 10.1. The largest absolute Gasteiger partial charge is 0.744 e. The van der Waals surface area contributed by atoms with E-state index in [-0.39, 0.29) is 10.9 Å².